The summed E-state index contributed by atoms with van der Waals surface area (Å²) in [7, 11) is 0. The van der Waals surface area contributed by atoms with Crippen LogP contribution in [0.4, 0.5) is 0 Å². The maximum absolute atomic E-state index is 7.72. The van der Waals surface area contributed by atoms with Crippen LogP contribution in [0.5, 0.6) is 0 Å². The summed E-state index contributed by atoms with van der Waals surface area (Å²) >= 11 is 0. The third-order valence-electron chi connectivity index (χ3n) is 4.94. The van der Waals surface area contributed by atoms with Gasteiger partial charge in [0.05, 0.1) is 25.6 Å². The molecular weight excluding hydrogens is 274 g/mol. The summed E-state index contributed by atoms with van der Waals surface area (Å²) in [5.41, 5.74) is 1.05. The van der Waals surface area contributed by atoms with Crippen LogP contribution >= 0.6 is 0 Å². The maximum atomic E-state index is 7.72. The van der Waals surface area contributed by atoms with E-state index in [1.807, 2.05) is 0 Å². The molecule has 3 rings (SSSR count). The third kappa shape index (κ3) is 3.33. The van der Waals surface area contributed by atoms with Gasteiger partial charge in [0.15, 0.2) is 0 Å². The van der Waals surface area contributed by atoms with E-state index in [0.29, 0.717) is 6.61 Å². The van der Waals surface area contributed by atoms with Gasteiger partial charge in [-0.25, -0.2) is 11.5 Å². The molecule has 4 heteroatoms. The van der Waals surface area contributed by atoms with Crippen LogP contribution in [-0.4, -0.2) is 54.4 Å². The molecule has 4 nitrogen and oxygen atoms in total. The average Bonchev–Trinajstić information content (AvgIpc) is 2.56. The van der Waals surface area contributed by atoms with E-state index in [1.54, 1.807) is 0 Å². The first-order valence-electron chi connectivity index (χ1n) is 8.23. The number of piperazine rings is 1. The Kier molecular flexibility index (Phi) is 4.77. The van der Waals surface area contributed by atoms with E-state index in [1.165, 1.54) is 5.56 Å². The molecule has 0 radical (unpaired) electrons. The molecule has 0 spiro atoms. The van der Waals surface area contributed by atoms with Gasteiger partial charge < -0.3 is 4.74 Å². The van der Waals surface area contributed by atoms with Crippen LogP contribution in [0.1, 0.15) is 25.3 Å². The third-order valence-corrected chi connectivity index (χ3v) is 4.94. The van der Waals surface area contributed by atoms with Gasteiger partial charge in [-0.05, 0) is 12.5 Å². The van der Waals surface area contributed by atoms with Gasteiger partial charge in [-0.2, -0.15) is 0 Å². The molecule has 0 aliphatic carbocycles. The monoisotopic (exact) mass is 299 g/mol. The number of rotatable bonds is 3. The second kappa shape index (κ2) is 6.78. The van der Waals surface area contributed by atoms with E-state index < -0.39 is 0 Å². The number of ether oxygens (including phenoxy) is 1. The van der Waals surface area contributed by atoms with Crippen LogP contribution in [0, 0.1) is 6.57 Å². The van der Waals surface area contributed by atoms with Crippen LogP contribution < -0.4 is 0 Å². The first kappa shape index (κ1) is 15.5. The van der Waals surface area contributed by atoms with Gasteiger partial charge in [0.2, 0.25) is 0 Å². The largest absolute Gasteiger partial charge is 0.378 e. The Labute approximate surface area is 133 Å². The zero-order valence-corrected chi connectivity index (χ0v) is 13.4. The molecule has 0 N–H and O–H groups in total. The van der Waals surface area contributed by atoms with Gasteiger partial charge in [-0.3, -0.25) is 9.74 Å². The predicted octanol–water partition coefficient (Wildman–Crippen LogP) is 2.62. The molecular formula is C18H25N3O. The van der Waals surface area contributed by atoms with Crippen LogP contribution in [0.3, 0.4) is 0 Å². The van der Waals surface area contributed by atoms with E-state index in [9.17, 15) is 0 Å². The van der Waals surface area contributed by atoms with Gasteiger partial charge >= 0.3 is 0 Å². The summed E-state index contributed by atoms with van der Waals surface area (Å²) < 4.78 is 5.65. The number of nitrogens with zero attached hydrogens (tertiary/aromatic N) is 3. The molecule has 2 unspecified atom stereocenters. The van der Waals surface area contributed by atoms with Crippen LogP contribution in [-0.2, 0) is 11.3 Å². The number of hydrogen-bond acceptors (Lipinski definition) is 3. The van der Waals surface area contributed by atoms with Crippen molar-refractivity contribution in [2.24, 2.45) is 0 Å². The summed E-state index contributed by atoms with van der Waals surface area (Å²) in [5.74, 6) is 0. The van der Waals surface area contributed by atoms with Crippen molar-refractivity contribution in [3.05, 3.63) is 47.3 Å². The van der Waals surface area contributed by atoms with Crippen LogP contribution in [0.2, 0.25) is 0 Å². The van der Waals surface area contributed by atoms with Gasteiger partial charge in [-0.1, -0.05) is 30.3 Å². The fraction of sp³-hybridized carbons (Fsp3) is 0.611. The van der Waals surface area contributed by atoms with E-state index >= 15 is 0 Å². The van der Waals surface area contributed by atoms with E-state index in [-0.39, 0.29) is 11.8 Å². The Morgan fingerprint density at radius 2 is 1.95 bits per heavy atom. The molecule has 118 valence electrons. The molecule has 2 aliphatic rings. The van der Waals surface area contributed by atoms with Gasteiger partial charge in [0, 0.05) is 32.7 Å². The van der Waals surface area contributed by atoms with Crippen molar-refractivity contribution in [1.29, 1.82) is 0 Å². The summed E-state index contributed by atoms with van der Waals surface area (Å²) in [6.07, 6.45) is 1.89. The Morgan fingerprint density at radius 3 is 2.59 bits per heavy atom. The lowest BCUT2D eigenvalue weighted by atomic mass is 9.94. The van der Waals surface area contributed by atoms with Crippen molar-refractivity contribution in [1.82, 2.24) is 9.80 Å². The summed E-state index contributed by atoms with van der Waals surface area (Å²) in [6, 6.07) is 10.6. The van der Waals surface area contributed by atoms with E-state index in [4.69, 9.17) is 11.3 Å². The van der Waals surface area contributed by atoms with E-state index in [0.717, 1.165) is 45.6 Å². The van der Waals surface area contributed by atoms with Crippen molar-refractivity contribution >= 4 is 0 Å². The summed E-state index contributed by atoms with van der Waals surface area (Å²) in [5, 5.41) is 0. The topological polar surface area (TPSA) is 20.1 Å². The zero-order chi connectivity index (χ0) is 15.4. The van der Waals surface area contributed by atoms with Gasteiger partial charge in [0.1, 0.15) is 0 Å². The molecule has 1 aromatic carbocycles. The molecule has 2 saturated heterocycles. The molecule has 2 aliphatic heterocycles. The van der Waals surface area contributed by atoms with Crippen molar-refractivity contribution in [2.75, 3.05) is 32.8 Å². The van der Waals surface area contributed by atoms with Crippen molar-refractivity contribution in [3.8, 4) is 0 Å². The summed E-state index contributed by atoms with van der Waals surface area (Å²) in [6.45, 7) is 15.6. The normalized spacial score (nSPS) is 30.8. The van der Waals surface area contributed by atoms with Crippen molar-refractivity contribution in [2.45, 2.75) is 38.1 Å². The van der Waals surface area contributed by atoms with Crippen LogP contribution in [0.25, 0.3) is 4.85 Å². The first-order valence-corrected chi connectivity index (χ1v) is 8.23. The number of benzene rings is 1. The highest BCUT2D eigenvalue weighted by Gasteiger charge is 2.47. The zero-order valence-electron chi connectivity index (χ0n) is 13.4. The van der Waals surface area contributed by atoms with Gasteiger partial charge in [0.25, 0.3) is 5.66 Å². The Hall–Kier alpha value is -1.41. The highest BCUT2D eigenvalue weighted by molar-refractivity contribution is 5.14. The second-order valence-corrected chi connectivity index (χ2v) is 6.48. The quantitative estimate of drug-likeness (QED) is 0.800. The Balaban J connectivity index is 1.58. The minimum absolute atomic E-state index is 0.199. The average molecular weight is 299 g/mol. The standard InChI is InChI=1S/C18H25N3O/c1-16-14-18(19-2,8-13-22-16)21-11-9-20(10-12-21)15-17-6-4-3-5-7-17/h3-7,16H,8-15H2,1H3. The Morgan fingerprint density at radius 1 is 1.23 bits per heavy atom. The number of hydrogen-bond donors (Lipinski definition) is 0. The SMILES string of the molecule is [C-]#[N+]C1(N2CCN(Cc3ccccc3)CC2)CCOC(C)C1. The lowest BCUT2D eigenvalue weighted by Crippen LogP contribution is -2.58. The van der Waals surface area contributed by atoms with Crippen molar-refractivity contribution < 1.29 is 4.74 Å². The molecule has 0 aromatic heterocycles. The smallest absolute Gasteiger partial charge is 0.293 e. The molecule has 2 fully saturated rings. The molecule has 2 heterocycles. The maximum Gasteiger partial charge on any atom is 0.293 e. The molecule has 0 bridgehead atoms. The predicted molar refractivity (Wildman–Crippen MR) is 87.3 cm³/mol. The highest BCUT2D eigenvalue weighted by Crippen LogP contribution is 2.33. The molecule has 22 heavy (non-hydrogen) atoms. The van der Waals surface area contributed by atoms with E-state index in [2.05, 4.69) is 51.9 Å². The van der Waals surface area contributed by atoms with Gasteiger partial charge in [-0.15, -0.1) is 0 Å². The minimum atomic E-state index is -0.323. The Bertz CT molecular complexity index is 519. The molecule has 0 saturated carbocycles. The lowest BCUT2D eigenvalue weighted by Gasteiger charge is -2.43. The molecule has 0 amide bonds. The fourth-order valence-electron chi connectivity index (χ4n) is 3.67. The lowest BCUT2D eigenvalue weighted by molar-refractivity contribution is -0.0604. The van der Waals surface area contributed by atoms with Crippen molar-refractivity contribution in [3.63, 3.8) is 0 Å². The highest BCUT2D eigenvalue weighted by atomic mass is 16.5. The molecule has 2 atom stereocenters. The van der Waals surface area contributed by atoms with Crippen LogP contribution in [0.15, 0.2) is 30.3 Å². The molecule has 1 aromatic rings. The first-order chi connectivity index (χ1) is 10.7. The fourth-order valence-corrected chi connectivity index (χ4v) is 3.67. The summed E-state index contributed by atoms with van der Waals surface area (Å²) in [4.78, 5) is 8.94. The minimum Gasteiger partial charge on any atom is -0.378 e. The second-order valence-electron chi connectivity index (χ2n) is 6.48.